The molecule has 1 amide bonds. The second-order valence-corrected chi connectivity index (χ2v) is 5.53. The molecule has 1 aliphatic heterocycles. The number of carboxylic acids is 1. The number of hydrogen-bond acceptors (Lipinski definition) is 3. The van der Waals surface area contributed by atoms with E-state index in [-0.39, 0.29) is 17.5 Å². The monoisotopic (exact) mass is 260 g/mol. The highest BCUT2D eigenvalue weighted by molar-refractivity contribution is 6.01. The van der Waals surface area contributed by atoms with Gasteiger partial charge in [-0.1, -0.05) is 6.42 Å². The normalized spacial score (nSPS) is 28.7. The Morgan fingerprint density at radius 1 is 1.42 bits per heavy atom. The molecule has 1 heterocycles. The van der Waals surface area contributed by atoms with Crippen molar-refractivity contribution in [2.24, 2.45) is 5.41 Å². The third kappa shape index (κ3) is 1.77. The molecule has 0 radical (unpaired) electrons. The average molecular weight is 260 g/mol. The van der Waals surface area contributed by atoms with E-state index >= 15 is 0 Å². The zero-order valence-electron chi connectivity index (χ0n) is 10.7. The fraction of sp³-hybridized carbons (Fsp3) is 0.429. The highest BCUT2D eigenvalue weighted by Crippen LogP contribution is 2.44. The van der Waals surface area contributed by atoms with E-state index in [4.69, 9.17) is 5.11 Å². The Balaban J connectivity index is 2.04. The van der Waals surface area contributed by atoms with E-state index in [1.807, 2.05) is 6.92 Å². The van der Waals surface area contributed by atoms with Crippen molar-refractivity contribution in [1.29, 1.82) is 0 Å². The largest absolute Gasteiger partial charge is 0.478 e. The summed E-state index contributed by atoms with van der Waals surface area (Å²) in [6.45, 7) is 1.97. The predicted molar refractivity (Wildman–Crippen MR) is 71.4 cm³/mol. The molecular formula is C14H16N2O3. The summed E-state index contributed by atoms with van der Waals surface area (Å²) in [6, 6.07) is 4.81. The number of carboxylic acid groups (broad SMARTS) is 1. The molecule has 2 aliphatic rings. The minimum atomic E-state index is -0.964. The number of aromatic carboxylic acids is 1. The van der Waals surface area contributed by atoms with Gasteiger partial charge in [0.2, 0.25) is 5.91 Å². The smallest absolute Gasteiger partial charge is 0.335 e. The van der Waals surface area contributed by atoms with E-state index in [0.717, 1.165) is 19.3 Å². The number of carbonyl (C=O) groups is 2. The molecule has 1 saturated carbocycles. The first-order chi connectivity index (χ1) is 9.00. The molecule has 0 bridgehead atoms. The lowest BCUT2D eigenvalue weighted by Crippen LogP contribution is -2.41. The highest BCUT2D eigenvalue weighted by Gasteiger charge is 2.46. The van der Waals surface area contributed by atoms with Gasteiger partial charge in [0.15, 0.2) is 0 Å². The van der Waals surface area contributed by atoms with Crippen molar-refractivity contribution < 1.29 is 14.7 Å². The minimum absolute atomic E-state index is 0.0179. The first-order valence-corrected chi connectivity index (χ1v) is 6.46. The number of anilines is 2. The summed E-state index contributed by atoms with van der Waals surface area (Å²) in [5.74, 6) is -0.946. The molecule has 100 valence electrons. The van der Waals surface area contributed by atoms with Crippen LogP contribution in [0.1, 0.15) is 36.5 Å². The zero-order chi connectivity index (χ0) is 13.6. The van der Waals surface area contributed by atoms with E-state index in [9.17, 15) is 9.59 Å². The third-order valence-electron chi connectivity index (χ3n) is 4.32. The molecule has 1 aliphatic carbocycles. The van der Waals surface area contributed by atoms with Gasteiger partial charge in [-0.15, -0.1) is 0 Å². The van der Waals surface area contributed by atoms with Gasteiger partial charge in [-0.2, -0.15) is 0 Å². The molecule has 2 atom stereocenters. The fourth-order valence-electron chi connectivity index (χ4n) is 3.03. The van der Waals surface area contributed by atoms with Gasteiger partial charge in [-0.05, 0) is 38.0 Å². The van der Waals surface area contributed by atoms with Crippen LogP contribution in [0.15, 0.2) is 18.2 Å². The average Bonchev–Trinajstić information content (AvgIpc) is 2.69. The van der Waals surface area contributed by atoms with E-state index in [0.29, 0.717) is 11.4 Å². The van der Waals surface area contributed by atoms with Gasteiger partial charge in [0.1, 0.15) is 0 Å². The van der Waals surface area contributed by atoms with Crippen molar-refractivity contribution in [3.05, 3.63) is 23.8 Å². The Bertz CT molecular complexity index is 570. The molecule has 5 nitrogen and oxygen atoms in total. The number of benzene rings is 1. The maximum Gasteiger partial charge on any atom is 0.335 e. The number of nitrogens with one attached hydrogen (secondary N) is 2. The SMILES string of the molecule is CC12CCCC1Nc1cc(C(=O)O)ccc1NC2=O. The van der Waals surface area contributed by atoms with Crippen molar-refractivity contribution in [2.45, 2.75) is 32.2 Å². The van der Waals surface area contributed by atoms with Gasteiger partial charge in [-0.25, -0.2) is 4.79 Å². The summed E-state index contributed by atoms with van der Waals surface area (Å²) in [4.78, 5) is 23.3. The van der Waals surface area contributed by atoms with Gasteiger partial charge in [0, 0.05) is 6.04 Å². The summed E-state index contributed by atoms with van der Waals surface area (Å²) < 4.78 is 0. The lowest BCUT2D eigenvalue weighted by atomic mass is 9.84. The molecule has 1 aromatic carbocycles. The highest BCUT2D eigenvalue weighted by atomic mass is 16.4. The molecule has 3 rings (SSSR count). The van der Waals surface area contributed by atoms with Crippen LogP contribution in [0.4, 0.5) is 11.4 Å². The maximum absolute atomic E-state index is 12.3. The number of amides is 1. The van der Waals surface area contributed by atoms with Crippen LogP contribution in [-0.4, -0.2) is 23.0 Å². The molecule has 5 heteroatoms. The van der Waals surface area contributed by atoms with Gasteiger partial charge in [0.25, 0.3) is 0 Å². The molecule has 1 aromatic rings. The van der Waals surface area contributed by atoms with E-state index in [1.165, 1.54) is 6.07 Å². The maximum atomic E-state index is 12.3. The van der Waals surface area contributed by atoms with E-state index in [1.54, 1.807) is 12.1 Å². The van der Waals surface area contributed by atoms with Crippen LogP contribution >= 0.6 is 0 Å². The van der Waals surface area contributed by atoms with Crippen molar-refractivity contribution in [3.8, 4) is 0 Å². The van der Waals surface area contributed by atoms with Crippen LogP contribution < -0.4 is 10.6 Å². The van der Waals surface area contributed by atoms with E-state index < -0.39 is 11.4 Å². The lowest BCUT2D eigenvalue weighted by molar-refractivity contribution is -0.124. The topological polar surface area (TPSA) is 78.4 Å². The first-order valence-electron chi connectivity index (χ1n) is 6.46. The third-order valence-corrected chi connectivity index (χ3v) is 4.32. The number of fused-ring (bicyclic) bond motifs is 2. The number of carbonyl (C=O) groups excluding carboxylic acids is 1. The van der Waals surface area contributed by atoms with Crippen molar-refractivity contribution >= 4 is 23.3 Å². The van der Waals surface area contributed by atoms with Gasteiger partial charge in [0.05, 0.1) is 22.4 Å². The summed E-state index contributed by atoms with van der Waals surface area (Å²) >= 11 is 0. The Morgan fingerprint density at radius 3 is 2.95 bits per heavy atom. The van der Waals surface area contributed by atoms with Crippen LogP contribution in [0, 0.1) is 5.41 Å². The van der Waals surface area contributed by atoms with Crippen LogP contribution in [0.3, 0.4) is 0 Å². The zero-order valence-corrected chi connectivity index (χ0v) is 10.7. The van der Waals surface area contributed by atoms with Crippen LogP contribution in [0.5, 0.6) is 0 Å². The number of rotatable bonds is 1. The molecule has 0 saturated heterocycles. The summed E-state index contributed by atoms with van der Waals surface area (Å²) in [5.41, 5.74) is 1.17. The molecule has 3 N–H and O–H groups in total. The van der Waals surface area contributed by atoms with Crippen molar-refractivity contribution in [3.63, 3.8) is 0 Å². The number of hydrogen-bond donors (Lipinski definition) is 3. The summed E-state index contributed by atoms with van der Waals surface area (Å²) in [7, 11) is 0. The molecule has 0 aromatic heterocycles. The molecule has 0 spiro atoms. The minimum Gasteiger partial charge on any atom is -0.478 e. The molecule has 19 heavy (non-hydrogen) atoms. The van der Waals surface area contributed by atoms with Gasteiger partial charge in [-0.3, -0.25) is 4.79 Å². The van der Waals surface area contributed by atoms with Crippen LogP contribution in [0.25, 0.3) is 0 Å². The molecular weight excluding hydrogens is 244 g/mol. The van der Waals surface area contributed by atoms with Crippen molar-refractivity contribution in [2.75, 3.05) is 10.6 Å². The Kier molecular flexibility index (Phi) is 2.52. The standard InChI is InChI=1S/C14H16N2O3/c1-14-6-2-3-11(14)15-10-7-8(12(17)18)4-5-9(10)16-13(14)19/h4-5,7,11,15H,2-3,6H2,1H3,(H,16,19)(H,17,18). The fourth-order valence-corrected chi connectivity index (χ4v) is 3.03. The second kappa shape index (κ2) is 3.98. The first kappa shape index (κ1) is 12.0. The van der Waals surface area contributed by atoms with Crippen molar-refractivity contribution in [1.82, 2.24) is 0 Å². The van der Waals surface area contributed by atoms with E-state index in [2.05, 4.69) is 10.6 Å². The summed E-state index contributed by atoms with van der Waals surface area (Å²) in [5, 5.41) is 15.3. The Labute approximate surface area is 111 Å². The van der Waals surface area contributed by atoms with Gasteiger partial charge >= 0.3 is 5.97 Å². The lowest BCUT2D eigenvalue weighted by Gasteiger charge is -2.27. The quantitative estimate of drug-likeness (QED) is 0.724. The predicted octanol–water partition coefficient (Wildman–Crippen LogP) is 2.31. The Hall–Kier alpha value is -2.04. The second-order valence-electron chi connectivity index (χ2n) is 5.53. The van der Waals surface area contributed by atoms with Crippen LogP contribution in [0.2, 0.25) is 0 Å². The molecule has 2 unspecified atom stereocenters. The summed E-state index contributed by atoms with van der Waals surface area (Å²) in [6.07, 6.45) is 2.80. The van der Waals surface area contributed by atoms with Gasteiger partial charge < -0.3 is 15.7 Å². The van der Waals surface area contributed by atoms with Crippen LogP contribution in [-0.2, 0) is 4.79 Å². The Morgan fingerprint density at radius 2 is 2.21 bits per heavy atom. The molecule has 1 fully saturated rings.